The lowest BCUT2D eigenvalue weighted by molar-refractivity contribution is 0.586. The summed E-state index contributed by atoms with van der Waals surface area (Å²) in [5.41, 5.74) is 7.02. The van der Waals surface area contributed by atoms with E-state index in [1.54, 1.807) is 11.3 Å². The van der Waals surface area contributed by atoms with Crippen molar-refractivity contribution in [3.63, 3.8) is 0 Å². The van der Waals surface area contributed by atoms with Gasteiger partial charge >= 0.3 is 0 Å². The SMILES string of the molecule is Cc1csc2nc(N)nc(N3CCNCC3)c12. The van der Waals surface area contributed by atoms with E-state index in [2.05, 4.69) is 32.5 Å². The van der Waals surface area contributed by atoms with Gasteiger partial charge in [0.1, 0.15) is 10.6 Å². The third kappa shape index (κ3) is 1.83. The summed E-state index contributed by atoms with van der Waals surface area (Å²) >= 11 is 1.63. The van der Waals surface area contributed by atoms with E-state index in [0.717, 1.165) is 42.2 Å². The maximum atomic E-state index is 5.78. The van der Waals surface area contributed by atoms with Gasteiger partial charge in [-0.2, -0.15) is 4.98 Å². The number of nitrogens with one attached hydrogen (secondary N) is 1. The van der Waals surface area contributed by atoms with Gasteiger partial charge in [-0.15, -0.1) is 11.3 Å². The molecule has 90 valence electrons. The molecule has 0 aromatic carbocycles. The summed E-state index contributed by atoms with van der Waals surface area (Å²) in [6.45, 7) is 6.04. The Morgan fingerprint density at radius 1 is 1.35 bits per heavy atom. The van der Waals surface area contributed by atoms with Gasteiger partial charge in [-0.1, -0.05) is 0 Å². The predicted octanol–water partition coefficient (Wildman–Crippen LogP) is 0.992. The van der Waals surface area contributed by atoms with Crippen molar-refractivity contribution < 1.29 is 0 Å². The molecule has 0 unspecified atom stereocenters. The van der Waals surface area contributed by atoms with E-state index in [-0.39, 0.29) is 0 Å². The van der Waals surface area contributed by atoms with Gasteiger partial charge in [-0.25, -0.2) is 4.98 Å². The number of nitrogen functional groups attached to an aromatic ring is 1. The number of nitrogens with zero attached hydrogens (tertiary/aromatic N) is 3. The van der Waals surface area contributed by atoms with E-state index in [1.807, 2.05) is 0 Å². The molecular formula is C11H15N5S. The first-order valence-corrected chi connectivity index (χ1v) is 6.60. The lowest BCUT2D eigenvalue weighted by Crippen LogP contribution is -2.44. The van der Waals surface area contributed by atoms with Crippen LogP contribution in [0.5, 0.6) is 0 Å². The molecule has 3 heterocycles. The Morgan fingerprint density at radius 2 is 2.12 bits per heavy atom. The van der Waals surface area contributed by atoms with Gasteiger partial charge in [0.25, 0.3) is 0 Å². The highest BCUT2D eigenvalue weighted by molar-refractivity contribution is 7.17. The molecule has 3 N–H and O–H groups in total. The topological polar surface area (TPSA) is 67.1 Å². The van der Waals surface area contributed by atoms with Crippen LogP contribution in [0.3, 0.4) is 0 Å². The van der Waals surface area contributed by atoms with E-state index in [0.29, 0.717) is 5.95 Å². The molecule has 1 aliphatic heterocycles. The lowest BCUT2D eigenvalue weighted by atomic mass is 10.2. The van der Waals surface area contributed by atoms with Gasteiger partial charge in [0, 0.05) is 26.2 Å². The maximum Gasteiger partial charge on any atom is 0.223 e. The van der Waals surface area contributed by atoms with Crippen molar-refractivity contribution in [2.24, 2.45) is 0 Å². The molecule has 0 bridgehead atoms. The van der Waals surface area contributed by atoms with Crippen molar-refractivity contribution in [2.75, 3.05) is 36.8 Å². The van der Waals surface area contributed by atoms with Crippen LogP contribution in [0.4, 0.5) is 11.8 Å². The normalized spacial score (nSPS) is 16.6. The molecule has 1 saturated heterocycles. The Bertz CT molecular complexity index is 544. The Hall–Kier alpha value is -1.40. The summed E-state index contributed by atoms with van der Waals surface area (Å²) in [5, 5.41) is 6.62. The fourth-order valence-electron chi connectivity index (χ4n) is 2.18. The molecule has 0 amide bonds. The number of aryl methyl sites for hydroxylation is 1. The molecular weight excluding hydrogens is 234 g/mol. The highest BCUT2D eigenvalue weighted by atomic mass is 32.1. The van der Waals surface area contributed by atoms with Crippen molar-refractivity contribution in [2.45, 2.75) is 6.92 Å². The Labute approximate surface area is 104 Å². The molecule has 2 aromatic rings. The van der Waals surface area contributed by atoms with E-state index >= 15 is 0 Å². The van der Waals surface area contributed by atoms with Crippen molar-refractivity contribution in [3.8, 4) is 0 Å². The number of fused-ring (bicyclic) bond motifs is 1. The van der Waals surface area contributed by atoms with Crippen molar-refractivity contribution in [3.05, 3.63) is 10.9 Å². The molecule has 0 atom stereocenters. The average molecular weight is 249 g/mol. The lowest BCUT2D eigenvalue weighted by Gasteiger charge is -2.29. The third-order valence-corrected chi connectivity index (χ3v) is 4.02. The third-order valence-electron chi connectivity index (χ3n) is 3.03. The van der Waals surface area contributed by atoms with Gasteiger partial charge in [-0.05, 0) is 17.9 Å². The molecule has 2 aromatic heterocycles. The van der Waals surface area contributed by atoms with Gasteiger partial charge in [0.05, 0.1) is 5.39 Å². The van der Waals surface area contributed by atoms with Crippen LogP contribution in [0.1, 0.15) is 5.56 Å². The van der Waals surface area contributed by atoms with Crippen LogP contribution < -0.4 is 16.0 Å². The summed E-state index contributed by atoms with van der Waals surface area (Å²) in [6, 6.07) is 0. The van der Waals surface area contributed by atoms with Gasteiger partial charge in [0.15, 0.2) is 0 Å². The van der Waals surface area contributed by atoms with Crippen LogP contribution >= 0.6 is 11.3 Å². The zero-order chi connectivity index (χ0) is 11.8. The summed E-state index contributed by atoms with van der Waals surface area (Å²) in [6.07, 6.45) is 0. The van der Waals surface area contributed by atoms with Gasteiger partial charge in [0.2, 0.25) is 5.95 Å². The van der Waals surface area contributed by atoms with E-state index < -0.39 is 0 Å². The number of aromatic nitrogens is 2. The van der Waals surface area contributed by atoms with Crippen LogP contribution in [0.25, 0.3) is 10.2 Å². The minimum atomic E-state index is 0.368. The Balaban J connectivity index is 2.15. The number of nitrogens with two attached hydrogens (primary N) is 1. The fourth-order valence-corrected chi connectivity index (χ4v) is 3.11. The second kappa shape index (κ2) is 4.12. The standard InChI is InChI=1S/C11H15N5S/c1-7-6-17-10-8(7)9(14-11(12)15-10)16-4-2-13-3-5-16/h6,13H,2-5H2,1H3,(H2,12,14,15). The number of rotatable bonds is 1. The number of hydrogen-bond acceptors (Lipinski definition) is 6. The van der Waals surface area contributed by atoms with Crippen LogP contribution in [0.15, 0.2) is 5.38 Å². The van der Waals surface area contributed by atoms with Crippen molar-refractivity contribution in [1.82, 2.24) is 15.3 Å². The number of anilines is 2. The van der Waals surface area contributed by atoms with E-state index in [4.69, 9.17) is 5.73 Å². The van der Waals surface area contributed by atoms with Crippen LogP contribution in [0.2, 0.25) is 0 Å². The van der Waals surface area contributed by atoms with Crippen LogP contribution in [0, 0.1) is 6.92 Å². The molecule has 5 nitrogen and oxygen atoms in total. The maximum absolute atomic E-state index is 5.78. The minimum Gasteiger partial charge on any atom is -0.368 e. The number of thiophene rings is 1. The molecule has 1 aliphatic rings. The van der Waals surface area contributed by atoms with E-state index in [1.165, 1.54) is 5.56 Å². The Morgan fingerprint density at radius 3 is 2.88 bits per heavy atom. The van der Waals surface area contributed by atoms with Crippen molar-refractivity contribution >= 4 is 33.3 Å². The molecule has 3 rings (SSSR count). The second-order valence-electron chi connectivity index (χ2n) is 4.24. The number of hydrogen-bond donors (Lipinski definition) is 2. The molecule has 0 aliphatic carbocycles. The molecule has 1 fully saturated rings. The molecule has 6 heteroatoms. The quantitative estimate of drug-likeness (QED) is 0.789. The molecule has 0 saturated carbocycles. The smallest absolute Gasteiger partial charge is 0.223 e. The summed E-state index contributed by atoms with van der Waals surface area (Å²) < 4.78 is 0. The first kappa shape index (κ1) is 10.7. The molecule has 0 radical (unpaired) electrons. The van der Waals surface area contributed by atoms with Crippen LogP contribution in [-0.2, 0) is 0 Å². The van der Waals surface area contributed by atoms with Gasteiger partial charge in [-0.3, -0.25) is 0 Å². The second-order valence-corrected chi connectivity index (χ2v) is 5.10. The van der Waals surface area contributed by atoms with Gasteiger partial charge < -0.3 is 16.0 Å². The molecule has 17 heavy (non-hydrogen) atoms. The fraction of sp³-hybridized carbons (Fsp3) is 0.455. The van der Waals surface area contributed by atoms with E-state index in [9.17, 15) is 0 Å². The molecule has 0 spiro atoms. The summed E-state index contributed by atoms with van der Waals surface area (Å²) in [7, 11) is 0. The highest BCUT2D eigenvalue weighted by Crippen LogP contribution is 2.32. The first-order chi connectivity index (χ1) is 8.25. The first-order valence-electron chi connectivity index (χ1n) is 5.72. The van der Waals surface area contributed by atoms with Crippen LogP contribution in [-0.4, -0.2) is 36.1 Å². The monoisotopic (exact) mass is 249 g/mol. The average Bonchev–Trinajstić information content (AvgIpc) is 2.71. The predicted molar refractivity (Wildman–Crippen MR) is 71.6 cm³/mol. The highest BCUT2D eigenvalue weighted by Gasteiger charge is 2.18. The zero-order valence-electron chi connectivity index (χ0n) is 9.73. The largest absolute Gasteiger partial charge is 0.368 e. The zero-order valence-corrected chi connectivity index (χ0v) is 10.5. The minimum absolute atomic E-state index is 0.368. The summed E-state index contributed by atoms with van der Waals surface area (Å²) in [4.78, 5) is 12.0. The number of piperazine rings is 1. The summed E-state index contributed by atoms with van der Waals surface area (Å²) in [5.74, 6) is 1.36. The van der Waals surface area contributed by atoms with Crippen molar-refractivity contribution in [1.29, 1.82) is 0 Å². The Kier molecular flexibility index (Phi) is 2.60.